The molecule has 0 unspecified atom stereocenters. The van der Waals surface area contributed by atoms with Crippen molar-refractivity contribution < 1.29 is 5.21 Å². The fourth-order valence-corrected chi connectivity index (χ4v) is 2.25. The van der Waals surface area contributed by atoms with Gasteiger partial charge in [0.1, 0.15) is 0 Å². The summed E-state index contributed by atoms with van der Waals surface area (Å²) in [6, 6.07) is 8.41. The van der Waals surface area contributed by atoms with Crippen molar-refractivity contribution >= 4 is 17.5 Å². The third-order valence-corrected chi connectivity index (χ3v) is 3.35. The Morgan fingerprint density at radius 3 is 2.39 bits per heavy atom. The van der Waals surface area contributed by atoms with Crippen molar-refractivity contribution in [1.29, 1.82) is 0 Å². The highest BCUT2D eigenvalue weighted by Gasteiger charge is 2.13. The van der Waals surface area contributed by atoms with Crippen molar-refractivity contribution in [1.82, 2.24) is 0 Å². The molecular weight excluding hydrogens is 224 g/mol. The molecule has 0 spiro atoms. The van der Waals surface area contributed by atoms with Crippen LogP contribution in [-0.4, -0.2) is 25.0 Å². The predicted molar refractivity (Wildman–Crippen MR) is 76.4 cm³/mol. The van der Waals surface area contributed by atoms with Crippen LogP contribution in [0.1, 0.15) is 31.2 Å². The first-order chi connectivity index (χ1) is 8.70. The van der Waals surface area contributed by atoms with Crippen LogP contribution in [0, 0.1) is 0 Å². The van der Waals surface area contributed by atoms with Gasteiger partial charge in [-0.25, -0.2) is 0 Å². The number of hydrogen-bond acceptors (Lipinski definition) is 3. The minimum absolute atomic E-state index is 0.845. The normalized spacial score (nSPS) is 20.3. The van der Waals surface area contributed by atoms with E-state index in [0.717, 1.165) is 25.0 Å². The van der Waals surface area contributed by atoms with Gasteiger partial charge in [-0.1, -0.05) is 17.3 Å². The van der Waals surface area contributed by atoms with E-state index in [2.05, 4.69) is 40.4 Å². The van der Waals surface area contributed by atoms with Gasteiger partial charge in [-0.3, -0.25) is 0 Å². The molecule has 1 aromatic rings. The van der Waals surface area contributed by atoms with Crippen molar-refractivity contribution in [3.8, 4) is 0 Å². The Bertz CT molecular complexity index is 458. The summed E-state index contributed by atoms with van der Waals surface area (Å²) >= 11 is 0. The van der Waals surface area contributed by atoms with Gasteiger partial charge in [-0.2, -0.15) is 0 Å². The Hall–Kier alpha value is -1.77. The summed E-state index contributed by atoms with van der Waals surface area (Å²) in [6.45, 7) is 0. The predicted octanol–water partition coefficient (Wildman–Crippen LogP) is 3.54. The van der Waals surface area contributed by atoms with E-state index in [-0.39, 0.29) is 0 Å². The lowest BCUT2D eigenvalue weighted by molar-refractivity contribution is 0.316. The van der Waals surface area contributed by atoms with Gasteiger partial charge < -0.3 is 10.1 Å². The van der Waals surface area contributed by atoms with Gasteiger partial charge in [0.15, 0.2) is 0 Å². The first-order valence-electron chi connectivity index (χ1n) is 6.40. The molecule has 3 heteroatoms. The number of oxime groups is 1. The second-order valence-corrected chi connectivity index (χ2v) is 4.91. The largest absolute Gasteiger partial charge is 0.411 e. The van der Waals surface area contributed by atoms with Crippen LogP contribution in [0.2, 0.25) is 0 Å². The summed E-state index contributed by atoms with van der Waals surface area (Å²) in [4.78, 5) is 2.08. The Balaban J connectivity index is 2.21. The van der Waals surface area contributed by atoms with Crippen molar-refractivity contribution in [2.24, 2.45) is 5.16 Å². The van der Waals surface area contributed by atoms with Gasteiger partial charge in [0.2, 0.25) is 0 Å². The Kier molecular flexibility index (Phi) is 4.03. The van der Waals surface area contributed by atoms with Crippen LogP contribution in [0.15, 0.2) is 35.0 Å². The molecule has 1 aliphatic carbocycles. The number of rotatable bonds is 2. The quantitative estimate of drug-likeness (QED) is 0.638. The van der Waals surface area contributed by atoms with Crippen LogP contribution in [-0.2, 0) is 0 Å². The fraction of sp³-hybridized carbons (Fsp3) is 0.400. The molecule has 0 amide bonds. The monoisotopic (exact) mass is 244 g/mol. The molecule has 0 heterocycles. The highest BCUT2D eigenvalue weighted by molar-refractivity contribution is 6.03. The summed E-state index contributed by atoms with van der Waals surface area (Å²) in [7, 11) is 4.07. The Morgan fingerprint density at radius 2 is 1.78 bits per heavy atom. The van der Waals surface area contributed by atoms with Crippen LogP contribution in [0.4, 0.5) is 5.69 Å². The average molecular weight is 244 g/mol. The second kappa shape index (κ2) is 5.71. The number of hydrogen-bond donors (Lipinski definition) is 1. The zero-order chi connectivity index (χ0) is 13.0. The Labute approximate surface area is 108 Å². The minimum atomic E-state index is 0.845. The maximum Gasteiger partial charge on any atom is 0.0827 e. The van der Waals surface area contributed by atoms with E-state index >= 15 is 0 Å². The summed E-state index contributed by atoms with van der Waals surface area (Å²) in [5.74, 6) is 0. The van der Waals surface area contributed by atoms with E-state index in [0.29, 0.717) is 0 Å². The molecule has 0 aliphatic heterocycles. The Morgan fingerprint density at radius 1 is 1.11 bits per heavy atom. The molecule has 1 aliphatic rings. The SMILES string of the molecule is CN(C)c1ccc(/C=C2/CCCC/C2=N\O)cc1. The summed E-state index contributed by atoms with van der Waals surface area (Å²) < 4.78 is 0. The molecule has 3 nitrogen and oxygen atoms in total. The van der Waals surface area contributed by atoms with Crippen LogP contribution in [0.25, 0.3) is 6.08 Å². The van der Waals surface area contributed by atoms with Gasteiger partial charge in [-0.15, -0.1) is 0 Å². The van der Waals surface area contributed by atoms with Crippen molar-refractivity contribution in [2.75, 3.05) is 19.0 Å². The number of anilines is 1. The smallest absolute Gasteiger partial charge is 0.0827 e. The fourth-order valence-electron chi connectivity index (χ4n) is 2.25. The molecule has 0 bridgehead atoms. The summed E-state index contributed by atoms with van der Waals surface area (Å²) in [5, 5.41) is 12.4. The van der Waals surface area contributed by atoms with Crippen molar-refractivity contribution in [2.45, 2.75) is 25.7 Å². The highest BCUT2D eigenvalue weighted by atomic mass is 16.4. The first kappa shape index (κ1) is 12.7. The molecule has 2 rings (SSSR count). The topological polar surface area (TPSA) is 35.8 Å². The van der Waals surface area contributed by atoms with Gasteiger partial charge in [0.05, 0.1) is 5.71 Å². The van der Waals surface area contributed by atoms with Crippen LogP contribution in [0.5, 0.6) is 0 Å². The summed E-state index contributed by atoms with van der Waals surface area (Å²) in [5.41, 5.74) is 4.37. The molecule has 1 aromatic carbocycles. The lowest BCUT2D eigenvalue weighted by atomic mass is 9.91. The standard InChI is InChI=1S/C15H20N2O/c1-17(2)14-9-7-12(8-10-14)11-13-5-3-4-6-15(13)16-18/h7-11,18H,3-6H2,1-2H3/b13-11-,16-15+. The van der Waals surface area contributed by atoms with E-state index in [9.17, 15) is 0 Å². The molecule has 1 N–H and O–H groups in total. The molecule has 1 fully saturated rings. The third kappa shape index (κ3) is 2.92. The minimum Gasteiger partial charge on any atom is -0.411 e. The molecule has 96 valence electrons. The zero-order valence-corrected chi connectivity index (χ0v) is 11.1. The zero-order valence-electron chi connectivity index (χ0n) is 11.1. The van der Waals surface area contributed by atoms with Crippen LogP contribution in [0.3, 0.4) is 0 Å². The highest BCUT2D eigenvalue weighted by Crippen LogP contribution is 2.24. The molecular formula is C15H20N2O. The maximum absolute atomic E-state index is 9.00. The molecule has 0 saturated heterocycles. The van der Waals surface area contributed by atoms with Crippen LogP contribution < -0.4 is 4.90 Å². The average Bonchev–Trinajstić information content (AvgIpc) is 2.40. The molecule has 0 aromatic heterocycles. The lowest BCUT2D eigenvalue weighted by Gasteiger charge is -2.16. The summed E-state index contributed by atoms with van der Waals surface area (Å²) in [6.07, 6.45) is 6.33. The van der Waals surface area contributed by atoms with Gasteiger partial charge >= 0.3 is 0 Å². The van der Waals surface area contributed by atoms with E-state index in [1.165, 1.54) is 23.2 Å². The molecule has 0 atom stereocenters. The second-order valence-electron chi connectivity index (χ2n) is 4.91. The maximum atomic E-state index is 9.00. The molecule has 18 heavy (non-hydrogen) atoms. The molecule has 0 radical (unpaired) electrons. The lowest BCUT2D eigenvalue weighted by Crippen LogP contribution is -2.09. The van der Waals surface area contributed by atoms with Gasteiger partial charge in [-0.05, 0) is 55.0 Å². The van der Waals surface area contributed by atoms with Gasteiger partial charge in [0.25, 0.3) is 0 Å². The van der Waals surface area contributed by atoms with Crippen molar-refractivity contribution in [3.63, 3.8) is 0 Å². The number of benzene rings is 1. The van der Waals surface area contributed by atoms with E-state index in [1.54, 1.807) is 0 Å². The number of nitrogens with zero attached hydrogens (tertiary/aromatic N) is 2. The number of allylic oxidation sites excluding steroid dienone is 1. The molecule has 1 saturated carbocycles. The van der Waals surface area contributed by atoms with E-state index < -0.39 is 0 Å². The third-order valence-electron chi connectivity index (χ3n) is 3.35. The van der Waals surface area contributed by atoms with E-state index in [4.69, 9.17) is 5.21 Å². The van der Waals surface area contributed by atoms with Crippen LogP contribution >= 0.6 is 0 Å². The van der Waals surface area contributed by atoms with E-state index in [1.807, 2.05) is 14.1 Å². The van der Waals surface area contributed by atoms with Gasteiger partial charge in [0, 0.05) is 19.8 Å². The first-order valence-corrected chi connectivity index (χ1v) is 6.40. The van der Waals surface area contributed by atoms with Crippen molar-refractivity contribution in [3.05, 3.63) is 35.4 Å².